The zero-order valence-corrected chi connectivity index (χ0v) is 16.9. The number of aliphatic hydroxyl groups is 3. The second-order valence-corrected chi connectivity index (χ2v) is 10.7. The molecule has 164 valence electrons. The number of carbonyl (C=O) groups is 3. The highest BCUT2D eigenvalue weighted by Crippen LogP contribution is 2.84. The van der Waals surface area contributed by atoms with Crippen molar-refractivity contribution in [2.45, 2.75) is 76.0 Å². The van der Waals surface area contributed by atoms with Crippen molar-refractivity contribution in [2.24, 2.45) is 28.1 Å². The maximum Gasteiger partial charge on any atom is 0.342 e. The lowest BCUT2D eigenvalue weighted by Gasteiger charge is -2.46. The van der Waals surface area contributed by atoms with Gasteiger partial charge in [0.2, 0.25) is 11.9 Å². The van der Waals surface area contributed by atoms with Gasteiger partial charge in [-0.1, -0.05) is 20.8 Å². The standard InChI is InChI=1S/C20H24O10/c1-6-12(23)27-7-5-17-11-8(21)9(16(2,3)4)18(17)10(22)13(24)29-15(18)30-20(17,14(25)28-11)19(6,7)26/h6-11,15,21-22,26H,5H2,1-4H3/t6-,7?,8-,9+,10+,11-,15?,17?,18?,19-,20+/m1/s1. The van der Waals surface area contributed by atoms with E-state index < -0.39 is 87.9 Å². The van der Waals surface area contributed by atoms with Crippen LogP contribution in [-0.2, 0) is 33.3 Å². The average Bonchev–Trinajstić information content (AvgIpc) is 3.32. The van der Waals surface area contributed by atoms with E-state index in [1.807, 2.05) is 20.8 Å². The number of carbonyl (C=O) groups excluding carboxylic acids is 3. The lowest BCUT2D eigenvalue weighted by Crippen LogP contribution is -2.66. The van der Waals surface area contributed by atoms with Crippen LogP contribution < -0.4 is 0 Å². The van der Waals surface area contributed by atoms with Crippen LogP contribution in [0.2, 0.25) is 0 Å². The van der Waals surface area contributed by atoms with Gasteiger partial charge in [-0.05, 0) is 12.3 Å². The highest BCUT2D eigenvalue weighted by Gasteiger charge is 3.02. The van der Waals surface area contributed by atoms with Gasteiger partial charge < -0.3 is 34.3 Å². The van der Waals surface area contributed by atoms with Crippen LogP contribution in [-0.4, -0.2) is 75.1 Å². The van der Waals surface area contributed by atoms with Crippen molar-refractivity contribution in [3.63, 3.8) is 0 Å². The molecule has 0 radical (unpaired) electrons. The zero-order valence-electron chi connectivity index (χ0n) is 16.9. The molecule has 6 fully saturated rings. The highest BCUT2D eigenvalue weighted by atomic mass is 16.8. The molecule has 10 heteroatoms. The lowest BCUT2D eigenvalue weighted by molar-refractivity contribution is -0.239. The summed E-state index contributed by atoms with van der Waals surface area (Å²) in [6.07, 6.45) is -6.73. The number of hydrogen-bond donors (Lipinski definition) is 3. The summed E-state index contributed by atoms with van der Waals surface area (Å²) in [5.41, 5.74) is -7.95. The second kappa shape index (κ2) is 4.69. The fourth-order valence-electron chi connectivity index (χ4n) is 8.22. The maximum atomic E-state index is 13.4. The summed E-state index contributed by atoms with van der Waals surface area (Å²) in [7, 11) is 0. The smallest absolute Gasteiger partial charge is 0.342 e. The van der Waals surface area contributed by atoms with Gasteiger partial charge >= 0.3 is 17.9 Å². The van der Waals surface area contributed by atoms with Gasteiger partial charge in [0.15, 0.2) is 11.7 Å². The molecule has 4 heterocycles. The van der Waals surface area contributed by atoms with Crippen molar-refractivity contribution >= 4 is 17.9 Å². The molecule has 2 spiro atoms. The number of ether oxygens (including phenoxy) is 4. The third-order valence-electron chi connectivity index (χ3n) is 8.91. The van der Waals surface area contributed by atoms with Crippen LogP contribution in [0, 0.1) is 28.1 Å². The normalized spacial score (nSPS) is 60.1. The minimum absolute atomic E-state index is 0.107. The van der Waals surface area contributed by atoms with Crippen LogP contribution >= 0.6 is 0 Å². The van der Waals surface area contributed by atoms with Gasteiger partial charge in [-0.15, -0.1) is 0 Å². The van der Waals surface area contributed by atoms with Gasteiger partial charge in [-0.3, -0.25) is 4.79 Å². The predicted molar refractivity (Wildman–Crippen MR) is 92.0 cm³/mol. The minimum Gasteiger partial charge on any atom is -0.459 e. The molecular formula is C20H24O10. The first-order valence-corrected chi connectivity index (χ1v) is 10.2. The third kappa shape index (κ3) is 1.35. The fraction of sp³-hybridized carbons (Fsp3) is 0.850. The Bertz CT molecular complexity index is 925. The fourth-order valence-corrected chi connectivity index (χ4v) is 8.22. The van der Waals surface area contributed by atoms with Gasteiger partial charge in [0.1, 0.15) is 12.2 Å². The van der Waals surface area contributed by atoms with E-state index in [1.165, 1.54) is 6.92 Å². The van der Waals surface area contributed by atoms with E-state index in [9.17, 15) is 29.7 Å². The molecule has 10 nitrogen and oxygen atoms in total. The molecule has 3 N–H and O–H groups in total. The van der Waals surface area contributed by atoms with Crippen molar-refractivity contribution in [3.05, 3.63) is 0 Å². The Hall–Kier alpha value is -1.75. The first-order chi connectivity index (χ1) is 13.8. The molecule has 0 aromatic heterocycles. The first kappa shape index (κ1) is 19.0. The van der Waals surface area contributed by atoms with E-state index in [0.717, 1.165) is 0 Å². The Morgan fingerprint density at radius 2 is 1.70 bits per heavy atom. The largest absolute Gasteiger partial charge is 0.459 e. The highest BCUT2D eigenvalue weighted by molar-refractivity contribution is 5.93. The Labute approximate surface area is 171 Å². The number of esters is 3. The van der Waals surface area contributed by atoms with Gasteiger partial charge in [0.25, 0.3) is 0 Å². The number of fused-ring (bicyclic) bond motifs is 1. The SMILES string of the molecule is C[C@@H]1C(=O)OC2CC34[C@@H]5OC(=O)[C@@]3(OC3OC(=O)[C@H](O)C34[C@H](C(C)(C)C)[C@H]5O)[C@]21O. The Morgan fingerprint density at radius 1 is 1.03 bits per heavy atom. The number of rotatable bonds is 0. The summed E-state index contributed by atoms with van der Waals surface area (Å²) >= 11 is 0. The summed E-state index contributed by atoms with van der Waals surface area (Å²) in [6, 6.07) is 0. The Morgan fingerprint density at radius 3 is 2.33 bits per heavy atom. The van der Waals surface area contributed by atoms with Gasteiger partial charge in [-0.25, -0.2) is 9.59 Å². The summed E-state index contributed by atoms with van der Waals surface area (Å²) < 4.78 is 22.6. The molecule has 6 rings (SSSR count). The number of aliphatic hydroxyl groups excluding tert-OH is 2. The molecule has 30 heavy (non-hydrogen) atoms. The summed E-state index contributed by atoms with van der Waals surface area (Å²) in [4.78, 5) is 38.2. The quantitative estimate of drug-likeness (QED) is 0.314. The molecule has 4 unspecified atom stereocenters. The molecular weight excluding hydrogens is 400 g/mol. The summed E-state index contributed by atoms with van der Waals surface area (Å²) in [5.74, 6) is -4.43. The van der Waals surface area contributed by atoms with Gasteiger partial charge in [0, 0.05) is 12.3 Å². The van der Waals surface area contributed by atoms with Crippen LogP contribution in [0.25, 0.3) is 0 Å². The van der Waals surface area contributed by atoms with E-state index in [4.69, 9.17) is 18.9 Å². The molecule has 0 aromatic carbocycles. The van der Waals surface area contributed by atoms with Crippen LogP contribution in [0.4, 0.5) is 0 Å². The topological polar surface area (TPSA) is 149 Å². The van der Waals surface area contributed by atoms with E-state index in [1.54, 1.807) is 0 Å². The van der Waals surface area contributed by atoms with Crippen molar-refractivity contribution < 1.29 is 48.7 Å². The van der Waals surface area contributed by atoms with E-state index >= 15 is 0 Å². The number of hydrogen-bond acceptors (Lipinski definition) is 10. The molecule has 0 bridgehead atoms. The van der Waals surface area contributed by atoms with Crippen LogP contribution in [0.5, 0.6) is 0 Å². The monoisotopic (exact) mass is 424 g/mol. The first-order valence-electron chi connectivity index (χ1n) is 10.2. The molecule has 4 aliphatic heterocycles. The van der Waals surface area contributed by atoms with Crippen molar-refractivity contribution in [3.8, 4) is 0 Å². The Kier molecular flexibility index (Phi) is 2.97. The van der Waals surface area contributed by atoms with Crippen molar-refractivity contribution in [1.82, 2.24) is 0 Å². The molecule has 11 atom stereocenters. The van der Waals surface area contributed by atoms with Crippen LogP contribution in [0.15, 0.2) is 0 Å². The molecule has 2 saturated carbocycles. The predicted octanol–water partition coefficient (Wildman–Crippen LogP) is -1.37. The summed E-state index contributed by atoms with van der Waals surface area (Å²) in [5, 5.41) is 34.4. The Balaban J connectivity index is 1.71. The van der Waals surface area contributed by atoms with E-state index in [0.29, 0.717) is 0 Å². The average molecular weight is 424 g/mol. The lowest BCUT2D eigenvalue weighted by atomic mass is 9.51. The maximum absolute atomic E-state index is 13.4. The van der Waals surface area contributed by atoms with E-state index in [2.05, 4.69) is 0 Å². The van der Waals surface area contributed by atoms with Gasteiger partial charge in [0.05, 0.1) is 22.9 Å². The van der Waals surface area contributed by atoms with Crippen LogP contribution in [0.1, 0.15) is 34.1 Å². The van der Waals surface area contributed by atoms with Crippen molar-refractivity contribution in [1.29, 1.82) is 0 Å². The van der Waals surface area contributed by atoms with Gasteiger partial charge in [-0.2, -0.15) is 0 Å². The van der Waals surface area contributed by atoms with Crippen molar-refractivity contribution in [2.75, 3.05) is 0 Å². The summed E-state index contributed by atoms with van der Waals surface area (Å²) in [6.45, 7) is 6.97. The zero-order chi connectivity index (χ0) is 21.8. The second-order valence-electron chi connectivity index (χ2n) is 10.7. The molecule has 6 aliphatic rings. The minimum atomic E-state index is -2.12. The van der Waals surface area contributed by atoms with Crippen LogP contribution in [0.3, 0.4) is 0 Å². The molecule has 0 aromatic rings. The van der Waals surface area contributed by atoms with E-state index in [-0.39, 0.29) is 6.42 Å². The third-order valence-corrected chi connectivity index (χ3v) is 8.91. The molecule has 0 amide bonds. The molecule has 4 saturated heterocycles. The molecule has 2 aliphatic carbocycles.